The summed E-state index contributed by atoms with van der Waals surface area (Å²) >= 11 is 0. The molecule has 12 rings (SSSR count). The first-order chi connectivity index (χ1) is 34.6. The van der Waals surface area contributed by atoms with Crippen LogP contribution in [0.4, 0.5) is 0 Å². The maximum atomic E-state index is 13.3. The van der Waals surface area contributed by atoms with Crippen molar-refractivity contribution in [2.75, 3.05) is 0 Å². The van der Waals surface area contributed by atoms with Crippen LogP contribution in [0.3, 0.4) is 0 Å². The van der Waals surface area contributed by atoms with Crippen molar-refractivity contribution >= 4 is 5.57 Å². The Kier molecular flexibility index (Phi) is 12.9. The zero-order chi connectivity index (χ0) is 48.5. The van der Waals surface area contributed by atoms with E-state index in [1.807, 2.05) is 46.0 Å². The van der Waals surface area contributed by atoms with Crippen LogP contribution in [0.2, 0.25) is 0 Å². The molecule has 3 fully saturated rings. The van der Waals surface area contributed by atoms with E-state index in [1.165, 1.54) is 106 Å². The Morgan fingerprint density at radius 1 is 0.620 bits per heavy atom. The number of nitrogens with zero attached hydrogens (tertiary/aromatic N) is 8. The minimum atomic E-state index is -0.211. The third-order valence-electron chi connectivity index (χ3n) is 15.3. The number of H-pyrrole nitrogens is 4. The van der Waals surface area contributed by atoms with Gasteiger partial charge in [0.25, 0.3) is 11.1 Å². The van der Waals surface area contributed by atoms with Crippen molar-refractivity contribution in [1.82, 2.24) is 59.9 Å². The van der Waals surface area contributed by atoms with E-state index in [2.05, 4.69) is 116 Å². The lowest BCUT2D eigenvalue weighted by molar-refractivity contribution is 0.224. The number of rotatable bonds is 14. The second-order valence-electron chi connectivity index (χ2n) is 21.3. The number of allylic oxidation sites excluding steroid dienone is 2. The van der Waals surface area contributed by atoms with Crippen molar-refractivity contribution in [2.24, 2.45) is 23.2 Å². The average molecular weight is 949 g/mol. The van der Waals surface area contributed by atoms with Gasteiger partial charge >= 0.3 is 0 Å². The number of nitrogens with one attached hydrogen (secondary N) is 4. The number of hydrogen-bond acceptors (Lipinski definition) is 8. The van der Waals surface area contributed by atoms with Gasteiger partial charge in [-0.05, 0) is 152 Å². The molecule has 8 aromatic rings. The van der Waals surface area contributed by atoms with Crippen LogP contribution in [0, 0.1) is 23.2 Å². The minimum Gasteiger partial charge on any atom is -0.321 e. The van der Waals surface area contributed by atoms with Gasteiger partial charge in [0, 0.05) is 48.0 Å². The lowest BCUT2D eigenvalue weighted by Crippen LogP contribution is -2.20. The molecule has 2 aromatic carbocycles. The molecule has 364 valence electrons. The molecule has 0 bridgehead atoms. The molecule has 0 radical (unpaired) electrons. The van der Waals surface area contributed by atoms with E-state index in [9.17, 15) is 9.59 Å². The highest BCUT2D eigenvalue weighted by atomic mass is 16.1. The number of benzene rings is 2. The monoisotopic (exact) mass is 949 g/mol. The van der Waals surface area contributed by atoms with Gasteiger partial charge in [-0.3, -0.25) is 29.2 Å². The Morgan fingerprint density at radius 2 is 1.13 bits per heavy atom. The van der Waals surface area contributed by atoms with Crippen molar-refractivity contribution in [3.05, 3.63) is 136 Å². The lowest BCUT2D eigenvalue weighted by Gasteiger charge is -2.34. The van der Waals surface area contributed by atoms with Crippen LogP contribution < -0.4 is 11.1 Å². The molecule has 0 spiro atoms. The van der Waals surface area contributed by atoms with Gasteiger partial charge in [-0.25, -0.2) is 9.97 Å². The summed E-state index contributed by atoms with van der Waals surface area (Å²) in [6.45, 7) is 8.86. The molecule has 4 N–H and O–H groups in total. The molecule has 6 aromatic heterocycles. The smallest absolute Gasteiger partial charge is 0.260 e. The van der Waals surface area contributed by atoms with Crippen LogP contribution in [0.15, 0.2) is 114 Å². The highest BCUT2D eigenvalue weighted by Gasteiger charge is 2.29. The maximum absolute atomic E-state index is 13.3. The summed E-state index contributed by atoms with van der Waals surface area (Å²) in [6.07, 6.45) is 25.5. The Bertz CT molecular complexity index is 3230. The largest absolute Gasteiger partial charge is 0.321 e. The van der Waals surface area contributed by atoms with Crippen LogP contribution >= 0.6 is 0 Å². The first kappa shape index (κ1) is 46.2. The van der Waals surface area contributed by atoms with Crippen molar-refractivity contribution in [1.29, 1.82) is 0 Å². The zero-order valence-electron chi connectivity index (χ0n) is 41.1. The molecule has 4 aliphatic carbocycles. The van der Waals surface area contributed by atoms with Crippen molar-refractivity contribution in [3.8, 4) is 67.8 Å². The molecule has 0 saturated heterocycles. The van der Waals surface area contributed by atoms with Crippen molar-refractivity contribution < 1.29 is 0 Å². The fourth-order valence-electron chi connectivity index (χ4n) is 10.7. The normalized spacial score (nSPS) is 18.0. The van der Waals surface area contributed by atoms with E-state index < -0.39 is 0 Å². The van der Waals surface area contributed by atoms with Crippen LogP contribution in [-0.2, 0) is 13.1 Å². The Labute approximate surface area is 413 Å². The third-order valence-corrected chi connectivity index (χ3v) is 15.3. The fourth-order valence-corrected chi connectivity index (χ4v) is 10.7. The summed E-state index contributed by atoms with van der Waals surface area (Å²) in [5.74, 6) is 3.78. The molecule has 1 unspecified atom stereocenters. The standard InChI is InChI=1S/C29H32N6O.C28H32N6O/c1-2-3-19-6-8-21(9-7-19)22-10-12-23(13-11-22)26-16-24(25-14-15-35(34-25)17-20-4-5-20)27(29(36)32-26)28-30-18-31-33-28;1-28(2)12-9-20(10-13-28)19-5-7-21(8-6-19)24-15-22(23-11-14-34(33-23)16-18-3-4-18)25(27(35)31-24)26-29-17-30-32-26/h8,10-16,18-20H,2-7,9,17H2,1H3,(H,32,36)(H,30,31,33);5-8,11,14-15,17-18,20H,3-4,9-10,12-13,16H2,1-2H3,(H,31,35)(H,29,30,32). The van der Waals surface area contributed by atoms with Gasteiger partial charge in [0.1, 0.15) is 12.7 Å². The quantitative estimate of drug-likeness (QED) is 0.0830. The van der Waals surface area contributed by atoms with Crippen LogP contribution in [-0.4, -0.2) is 59.9 Å². The second-order valence-corrected chi connectivity index (χ2v) is 21.3. The number of aromatic nitrogens is 12. The summed E-state index contributed by atoms with van der Waals surface area (Å²) in [5, 5.41) is 23.2. The molecule has 0 aliphatic heterocycles. The first-order valence-corrected chi connectivity index (χ1v) is 25.9. The number of pyridine rings is 2. The van der Waals surface area contributed by atoms with Gasteiger partial charge in [-0.1, -0.05) is 88.2 Å². The summed E-state index contributed by atoms with van der Waals surface area (Å²) in [7, 11) is 0. The molecule has 4 aliphatic rings. The summed E-state index contributed by atoms with van der Waals surface area (Å²) < 4.78 is 3.97. The van der Waals surface area contributed by atoms with Crippen LogP contribution in [0.1, 0.15) is 121 Å². The average Bonchev–Trinajstić information content (AvgIpc) is 3.99. The predicted molar refractivity (Wildman–Crippen MR) is 279 cm³/mol. The van der Waals surface area contributed by atoms with E-state index in [1.54, 1.807) is 0 Å². The van der Waals surface area contributed by atoms with E-state index in [0.29, 0.717) is 34.1 Å². The van der Waals surface area contributed by atoms with E-state index in [-0.39, 0.29) is 11.1 Å². The first-order valence-electron chi connectivity index (χ1n) is 25.9. The Hall–Kier alpha value is -7.22. The molecule has 3 saturated carbocycles. The van der Waals surface area contributed by atoms with Gasteiger partial charge in [-0.2, -0.15) is 20.4 Å². The minimum absolute atomic E-state index is 0.204. The van der Waals surface area contributed by atoms with E-state index in [0.717, 1.165) is 82.3 Å². The lowest BCUT2D eigenvalue weighted by atomic mass is 9.71. The molecule has 71 heavy (non-hydrogen) atoms. The molecule has 14 heteroatoms. The Morgan fingerprint density at radius 3 is 1.58 bits per heavy atom. The van der Waals surface area contributed by atoms with Crippen LogP contribution in [0.5, 0.6) is 0 Å². The Balaban J connectivity index is 0.000000154. The molecular formula is C57H64N12O2. The topological polar surface area (TPSA) is 184 Å². The van der Waals surface area contributed by atoms with E-state index >= 15 is 0 Å². The highest BCUT2D eigenvalue weighted by Crippen LogP contribution is 2.43. The third kappa shape index (κ3) is 10.6. The summed E-state index contributed by atoms with van der Waals surface area (Å²) in [6, 6.07) is 25.2. The zero-order valence-corrected chi connectivity index (χ0v) is 41.1. The number of aromatic amines is 4. The van der Waals surface area contributed by atoms with Gasteiger partial charge < -0.3 is 9.97 Å². The maximum Gasteiger partial charge on any atom is 0.260 e. The molecule has 0 amide bonds. The SMILES string of the molecule is CC1(C)CCC(c2ccc(-c3cc(-c4ccn(CC5CC5)n4)c(-c4ncn[nH]4)c(=O)[nH]3)cc2)CC1.CCCC1CC=C(c2ccc(-c3cc(-c4ccn(CC5CC5)n4)c(-c4ncn[nH]4)c(=O)[nH]3)cc2)CC1. The molecule has 1 atom stereocenters. The second kappa shape index (κ2) is 19.9. The van der Waals surface area contributed by atoms with Gasteiger partial charge in [0.05, 0.1) is 22.5 Å². The summed E-state index contributed by atoms with van der Waals surface area (Å²) in [5.41, 5.74) is 11.6. The summed E-state index contributed by atoms with van der Waals surface area (Å²) in [4.78, 5) is 41.3. The molecule has 14 nitrogen and oxygen atoms in total. The van der Waals surface area contributed by atoms with Crippen molar-refractivity contribution in [3.63, 3.8) is 0 Å². The van der Waals surface area contributed by atoms with Crippen molar-refractivity contribution in [2.45, 2.75) is 123 Å². The van der Waals surface area contributed by atoms with Crippen LogP contribution in [0.25, 0.3) is 73.4 Å². The fraction of sp³-hybridized carbons (Fsp3) is 0.404. The molecular weight excluding hydrogens is 885 g/mol. The van der Waals surface area contributed by atoms with Gasteiger partial charge in [-0.15, -0.1) is 0 Å². The van der Waals surface area contributed by atoms with Gasteiger partial charge in [0.2, 0.25) is 0 Å². The molecule has 6 heterocycles. The number of hydrogen-bond donors (Lipinski definition) is 4. The van der Waals surface area contributed by atoms with Gasteiger partial charge in [0.15, 0.2) is 11.6 Å². The van der Waals surface area contributed by atoms with E-state index in [4.69, 9.17) is 10.2 Å². The highest BCUT2D eigenvalue weighted by molar-refractivity contribution is 5.83. The predicted octanol–water partition coefficient (Wildman–Crippen LogP) is 11.9.